The Balaban J connectivity index is 1.27. The summed E-state index contributed by atoms with van der Waals surface area (Å²) in [6.07, 6.45) is 11.4. The third-order valence-electron chi connectivity index (χ3n) is 9.70. The van der Waals surface area contributed by atoms with Crippen LogP contribution in [0, 0.1) is 18.2 Å². The Labute approximate surface area is 255 Å². The summed E-state index contributed by atoms with van der Waals surface area (Å²) in [6.45, 7) is 12.0. The van der Waals surface area contributed by atoms with Gasteiger partial charge in [0.25, 0.3) is 0 Å². The van der Waals surface area contributed by atoms with E-state index < -0.39 is 5.82 Å². The van der Waals surface area contributed by atoms with Crippen LogP contribution in [0.4, 0.5) is 15.9 Å². The van der Waals surface area contributed by atoms with E-state index in [-0.39, 0.29) is 22.8 Å². The lowest BCUT2D eigenvalue weighted by molar-refractivity contribution is 0.108. The van der Waals surface area contributed by atoms with Crippen LogP contribution < -0.4 is 20.7 Å². The van der Waals surface area contributed by atoms with Gasteiger partial charge in [-0.15, -0.1) is 6.42 Å². The average Bonchev–Trinajstić information content (AvgIpc) is 3.61. The van der Waals surface area contributed by atoms with Gasteiger partial charge in [-0.25, -0.2) is 4.39 Å². The molecule has 4 aliphatic rings. The molecule has 0 aliphatic carbocycles. The van der Waals surface area contributed by atoms with Crippen molar-refractivity contribution in [2.75, 3.05) is 43.4 Å². The minimum Gasteiger partial charge on any atom is -0.461 e. The summed E-state index contributed by atoms with van der Waals surface area (Å²) in [5.41, 5.74) is 10.4. The fourth-order valence-electron chi connectivity index (χ4n) is 7.90. The fraction of sp³-hybridized carbons (Fsp3) is 0.343. The van der Waals surface area contributed by atoms with Crippen LogP contribution in [-0.4, -0.2) is 70.3 Å². The highest BCUT2D eigenvalue weighted by molar-refractivity contribution is 6.03. The number of terminal acetylenes is 1. The van der Waals surface area contributed by atoms with E-state index in [0.29, 0.717) is 46.7 Å². The summed E-state index contributed by atoms with van der Waals surface area (Å²) in [4.78, 5) is 18.9. The second-order valence-corrected chi connectivity index (χ2v) is 12.9. The molecule has 2 aromatic carbocycles. The van der Waals surface area contributed by atoms with E-state index in [0.717, 1.165) is 62.6 Å². The number of nitrogens with two attached hydrogens (primary N) is 1. The molecule has 4 aromatic rings. The van der Waals surface area contributed by atoms with Crippen LogP contribution in [0.25, 0.3) is 32.9 Å². The molecular formula is C35H34FN7O. The second kappa shape index (κ2) is 10.0. The van der Waals surface area contributed by atoms with Crippen molar-refractivity contribution in [2.45, 2.75) is 43.3 Å². The number of hydrogen-bond acceptors (Lipinski definition) is 8. The number of fused-ring (bicyclic) bond motifs is 5. The predicted molar refractivity (Wildman–Crippen MR) is 172 cm³/mol. The minimum atomic E-state index is -0.559. The molecule has 0 spiro atoms. The Morgan fingerprint density at radius 1 is 1.11 bits per heavy atom. The highest BCUT2D eigenvalue weighted by Crippen LogP contribution is 2.43. The lowest BCUT2D eigenvalue weighted by Crippen LogP contribution is -2.51. The van der Waals surface area contributed by atoms with E-state index in [2.05, 4.69) is 39.2 Å². The average molecular weight is 588 g/mol. The third-order valence-corrected chi connectivity index (χ3v) is 9.70. The zero-order valence-corrected chi connectivity index (χ0v) is 24.6. The first-order valence-corrected chi connectivity index (χ1v) is 15.2. The topological polar surface area (TPSA) is 92.4 Å². The van der Waals surface area contributed by atoms with Gasteiger partial charge in [0.05, 0.1) is 10.9 Å². The maximum absolute atomic E-state index is 16.8. The molecule has 2 bridgehead atoms. The van der Waals surface area contributed by atoms with Crippen LogP contribution >= 0.6 is 0 Å². The molecular weight excluding hydrogens is 553 g/mol. The lowest BCUT2D eigenvalue weighted by Gasteiger charge is -2.34. The van der Waals surface area contributed by atoms with Crippen molar-refractivity contribution in [3.8, 4) is 29.6 Å². The molecule has 0 amide bonds. The number of piperazine rings is 1. The summed E-state index contributed by atoms with van der Waals surface area (Å²) in [5.74, 6) is 2.82. The largest absolute Gasteiger partial charge is 0.461 e. The highest BCUT2D eigenvalue weighted by atomic mass is 19.1. The van der Waals surface area contributed by atoms with Crippen molar-refractivity contribution in [3.63, 3.8) is 0 Å². The Kier molecular flexibility index (Phi) is 6.16. The van der Waals surface area contributed by atoms with Crippen LogP contribution in [0.1, 0.15) is 31.2 Å². The van der Waals surface area contributed by atoms with Crippen LogP contribution in [0.5, 0.6) is 6.01 Å². The van der Waals surface area contributed by atoms with E-state index in [4.69, 9.17) is 26.9 Å². The SMILES string of the molecule is C#Cc1cccc2cc(N)cc(-c3ncc4c(N5C[C@H]6CC[C@@H](C5)N6)nc(OCC56CC(=C)CN5CC(=C)C6)nc4c3F)c12. The number of benzene rings is 2. The fourth-order valence-corrected chi connectivity index (χ4v) is 7.90. The van der Waals surface area contributed by atoms with Gasteiger partial charge in [-0.05, 0) is 49.3 Å². The van der Waals surface area contributed by atoms with Gasteiger partial charge in [0, 0.05) is 66.7 Å². The molecule has 4 fully saturated rings. The van der Waals surface area contributed by atoms with Crippen LogP contribution in [0.3, 0.4) is 0 Å². The molecule has 2 aromatic heterocycles. The number of halogens is 1. The molecule has 0 radical (unpaired) electrons. The minimum absolute atomic E-state index is 0.137. The van der Waals surface area contributed by atoms with Gasteiger partial charge >= 0.3 is 6.01 Å². The van der Waals surface area contributed by atoms with Gasteiger partial charge in [-0.3, -0.25) is 9.88 Å². The van der Waals surface area contributed by atoms with E-state index in [1.54, 1.807) is 12.3 Å². The maximum atomic E-state index is 16.8. The summed E-state index contributed by atoms with van der Waals surface area (Å²) < 4.78 is 23.2. The van der Waals surface area contributed by atoms with Crippen molar-refractivity contribution in [1.82, 2.24) is 25.2 Å². The maximum Gasteiger partial charge on any atom is 0.319 e. The molecule has 4 saturated heterocycles. The van der Waals surface area contributed by atoms with Crippen molar-refractivity contribution in [2.24, 2.45) is 0 Å². The molecule has 4 aliphatic heterocycles. The Bertz CT molecular complexity index is 1900. The molecule has 44 heavy (non-hydrogen) atoms. The van der Waals surface area contributed by atoms with Crippen molar-refractivity contribution >= 4 is 33.2 Å². The number of hydrogen-bond donors (Lipinski definition) is 2. The summed E-state index contributed by atoms with van der Waals surface area (Å²) >= 11 is 0. The normalized spacial score (nSPS) is 22.6. The number of nitrogens with zero attached hydrogens (tertiary/aromatic N) is 5. The number of rotatable bonds is 5. The Hall–Kier alpha value is -4.52. The van der Waals surface area contributed by atoms with E-state index in [1.807, 2.05) is 24.3 Å². The van der Waals surface area contributed by atoms with Gasteiger partial charge in [0.2, 0.25) is 0 Å². The molecule has 3 N–H and O–H groups in total. The number of anilines is 2. The predicted octanol–water partition coefficient (Wildman–Crippen LogP) is 4.83. The van der Waals surface area contributed by atoms with E-state index >= 15 is 4.39 Å². The molecule has 2 atom stereocenters. The van der Waals surface area contributed by atoms with E-state index in [9.17, 15) is 0 Å². The standard InChI is InChI=1S/C35H34FN7O/c1-4-22-6-5-7-23-10-24(37)11-27(29(22)23)31-30(36)32-28(14-38-31)33(42-17-25-8-9-26(18-42)39-25)41-34(40-32)44-19-35-12-20(2)15-43(35)16-21(3)13-35/h1,5-7,10-11,14,25-26,39H,2-3,8-9,12-13,15-19,37H2/t25-,26+. The Morgan fingerprint density at radius 2 is 1.86 bits per heavy atom. The lowest BCUT2D eigenvalue weighted by atomic mass is 9.92. The molecule has 8 rings (SSSR count). The van der Waals surface area contributed by atoms with Gasteiger partial charge in [-0.2, -0.15) is 9.97 Å². The number of ether oxygens (including phenoxy) is 1. The highest BCUT2D eigenvalue weighted by Gasteiger charge is 2.48. The first-order chi connectivity index (χ1) is 21.3. The van der Waals surface area contributed by atoms with E-state index in [1.165, 1.54) is 11.1 Å². The monoisotopic (exact) mass is 587 g/mol. The zero-order chi connectivity index (χ0) is 30.2. The molecule has 9 heteroatoms. The van der Waals surface area contributed by atoms with Crippen LogP contribution in [0.2, 0.25) is 0 Å². The molecule has 0 saturated carbocycles. The van der Waals surface area contributed by atoms with Crippen molar-refractivity contribution < 1.29 is 9.13 Å². The third kappa shape index (κ3) is 4.32. The summed E-state index contributed by atoms with van der Waals surface area (Å²) in [5, 5.41) is 5.76. The van der Waals surface area contributed by atoms with Crippen LogP contribution in [0.15, 0.2) is 60.8 Å². The Morgan fingerprint density at radius 3 is 2.59 bits per heavy atom. The second-order valence-electron chi connectivity index (χ2n) is 12.9. The number of pyridine rings is 1. The smallest absolute Gasteiger partial charge is 0.319 e. The molecule has 8 nitrogen and oxygen atoms in total. The van der Waals surface area contributed by atoms with Gasteiger partial charge in [0.1, 0.15) is 23.6 Å². The van der Waals surface area contributed by atoms with Crippen LogP contribution in [-0.2, 0) is 0 Å². The first-order valence-electron chi connectivity index (χ1n) is 15.2. The molecule has 222 valence electrons. The number of nitrogens with one attached hydrogen (secondary N) is 1. The molecule has 6 heterocycles. The van der Waals surface area contributed by atoms with Gasteiger partial charge in [0.15, 0.2) is 5.82 Å². The summed E-state index contributed by atoms with van der Waals surface area (Å²) in [7, 11) is 0. The van der Waals surface area contributed by atoms with Crippen molar-refractivity contribution in [3.05, 3.63) is 72.2 Å². The van der Waals surface area contributed by atoms with Gasteiger partial charge in [-0.1, -0.05) is 42.4 Å². The quantitative estimate of drug-likeness (QED) is 0.195. The summed E-state index contributed by atoms with van der Waals surface area (Å²) in [6, 6.07) is 10.1. The number of aromatic nitrogens is 3. The zero-order valence-electron chi connectivity index (χ0n) is 24.6. The molecule has 0 unspecified atom stereocenters. The number of nitrogen functional groups attached to an aromatic ring is 1. The van der Waals surface area contributed by atoms with Gasteiger partial charge < -0.3 is 20.7 Å². The first kappa shape index (κ1) is 27.1. The van der Waals surface area contributed by atoms with Crippen molar-refractivity contribution in [1.29, 1.82) is 0 Å².